The summed E-state index contributed by atoms with van der Waals surface area (Å²) in [7, 11) is 1.72. The summed E-state index contributed by atoms with van der Waals surface area (Å²) in [4.78, 5) is 2.65. The fourth-order valence-corrected chi connectivity index (χ4v) is 3.47. The lowest BCUT2D eigenvalue weighted by Crippen LogP contribution is -2.20. The van der Waals surface area contributed by atoms with Crippen molar-refractivity contribution in [3.63, 3.8) is 0 Å². The Kier molecular flexibility index (Phi) is 5.79. The minimum absolute atomic E-state index is 0.759. The van der Waals surface area contributed by atoms with Gasteiger partial charge >= 0.3 is 0 Å². The number of rotatable bonds is 7. The van der Waals surface area contributed by atoms with Crippen LogP contribution in [0.4, 0.5) is 0 Å². The molecule has 0 radical (unpaired) electrons. The van der Waals surface area contributed by atoms with Crippen LogP contribution in [0, 0.1) is 0 Å². The molecule has 0 aliphatic heterocycles. The molecule has 4 heteroatoms. The van der Waals surface area contributed by atoms with Crippen LogP contribution < -0.4 is 5.32 Å². The van der Waals surface area contributed by atoms with Crippen LogP contribution in [-0.2, 0) is 4.74 Å². The Balaban J connectivity index is 1.91. The van der Waals surface area contributed by atoms with E-state index in [9.17, 15) is 0 Å². The molecule has 0 aromatic carbocycles. The summed E-state index contributed by atoms with van der Waals surface area (Å²) in [5.41, 5.74) is 2.67. The maximum atomic E-state index is 5.01. The van der Waals surface area contributed by atoms with Crippen molar-refractivity contribution in [1.29, 1.82) is 0 Å². The van der Waals surface area contributed by atoms with E-state index in [0.29, 0.717) is 0 Å². The first kappa shape index (κ1) is 14.5. The fraction of sp³-hybridized carbons (Fsp3) is 0.333. The van der Waals surface area contributed by atoms with Crippen LogP contribution in [0.3, 0.4) is 0 Å². The van der Waals surface area contributed by atoms with Gasteiger partial charge in [0.2, 0.25) is 0 Å². The van der Waals surface area contributed by atoms with Gasteiger partial charge in [-0.1, -0.05) is 11.6 Å². The highest BCUT2D eigenvalue weighted by Crippen LogP contribution is 2.30. The van der Waals surface area contributed by atoms with Crippen molar-refractivity contribution in [2.24, 2.45) is 0 Å². The van der Waals surface area contributed by atoms with E-state index in [1.165, 1.54) is 20.9 Å². The molecule has 2 heterocycles. The van der Waals surface area contributed by atoms with Gasteiger partial charge in [-0.05, 0) is 35.9 Å². The number of ether oxygens (including phenoxy) is 1. The molecule has 0 atom stereocenters. The largest absolute Gasteiger partial charge is 0.383 e. The third-order valence-corrected chi connectivity index (χ3v) is 4.50. The second-order valence-electron chi connectivity index (χ2n) is 4.38. The minimum Gasteiger partial charge on any atom is -0.383 e. The van der Waals surface area contributed by atoms with Crippen LogP contribution >= 0.6 is 22.7 Å². The molecular formula is C15H19NOS2. The van der Waals surface area contributed by atoms with Crippen molar-refractivity contribution >= 4 is 28.7 Å². The Morgan fingerprint density at radius 3 is 3.05 bits per heavy atom. The number of thiophene rings is 2. The Hall–Kier alpha value is -0.940. The molecular weight excluding hydrogens is 274 g/mol. The van der Waals surface area contributed by atoms with Gasteiger partial charge in [-0.15, -0.1) is 22.7 Å². The zero-order valence-electron chi connectivity index (χ0n) is 11.3. The first-order valence-electron chi connectivity index (χ1n) is 6.29. The summed E-state index contributed by atoms with van der Waals surface area (Å²) in [6.45, 7) is 4.72. The van der Waals surface area contributed by atoms with Crippen LogP contribution in [-0.4, -0.2) is 26.8 Å². The summed E-state index contributed by atoms with van der Waals surface area (Å²) < 4.78 is 5.01. The van der Waals surface area contributed by atoms with Crippen molar-refractivity contribution in [2.45, 2.75) is 6.92 Å². The molecule has 2 aromatic rings. The zero-order chi connectivity index (χ0) is 13.5. The Bertz CT molecular complexity index is 514. The average molecular weight is 293 g/mol. The van der Waals surface area contributed by atoms with Gasteiger partial charge in [0, 0.05) is 35.5 Å². The van der Waals surface area contributed by atoms with E-state index in [4.69, 9.17) is 4.74 Å². The fourth-order valence-electron chi connectivity index (χ4n) is 1.75. The van der Waals surface area contributed by atoms with Gasteiger partial charge in [0.05, 0.1) is 6.61 Å². The van der Waals surface area contributed by atoms with Gasteiger partial charge in [0.25, 0.3) is 0 Å². The molecule has 0 aliphatic carbocycles. The standard InChI is InChI=1S/C15H19NOS2/c1-12(10-16-5-6-17-2)8-14-9-13(11-19-14)15-4-3-7-18-15/h3-4,7-9,11,16H,5-6,10H2,1-2H3. The highest BCUT2D eigenvalue weighted by atomic mass is 32.1. The quantitative estimate of drug-likeness (QED) is 0.776. The van der Waals surface area contributed by atoms with Crippen LogP contribution in [0.15, 0.2) is 34.5 Å². The first-order valence-corrected chi connectivity index (χ1v) is 8.05. The van der Waals surface area contributed by atoms with Crippen LogP contribution in [0.25, 0.3) is 16.5 Å². The molecule has 2 aromatic heterocycles. The monoisotopic (exact) mass is 293 g/mol. The van der Waals surface area contributed by atoms with E-state index in [1.807, 2.05) is 0 Å². The van der Waals surface area contributed by atoms with Crippen LogP contribution in [0.1, 0.15) is 11.8 Å². The Morgan fingerprint density at radius 2 is 2.32 bits per heavy atom. The molecule has 0 spiro atoms. The van der Waals surface area contributed by atoms with E-state index in [2.05, 4.69) is 47.3 Å². The summed E-state index contributed by atoms with van der Waals surface area (Å²) in [6, 6.07) is 6.52. The molecule has 0 saturated carbocycles. The number of hydrogen-bond donors (Lipinski definition) is 1. The van der Waals surface area contributed by atoms with Gasteiger partial charge in [-0.3, -0.25) is 0 Å². The predicted molar refractivity (Wildman–Crippen MR) is 86.0 cm³/mol. The SMILES string of the molecule is COCCNCC(C)=Cc1cc(-c2cccs2)cs1. The maximum Gasteiger partial charge on any atom is 0.0587 e. The molecule has 2 rings (SSSR count). The van der Waals surface area contributed by atoms with E-state index in [-0.39, 0.29) is 0 Å². The van der Waals surface area contributed by atoms with E-state index < -0.39 is 0 Å². The van der Waals surface area contributed by atoms with Crippen molar-refractivity contribution in [2.75, 3.05) is 26.8 Å². The van der Waals surface area contributed by atoms with E-state index in [1.54, 1.807) is 29.8 Å². The second-order valence-corrected chi connectivity index (χ2v) is 6.27. The summed E-state index contributed by atoms with van der Waals surface area (Å²) in [6.07, 6.45) is 2.25. The van der Waals surface area contributed by atoms with Crippen molar-refractivity contribution in [3.8, 4) is 10.4 Å². The van der Waals surface area contributed by atoms with Crippen molar-refractivity contribution in [1.82, 2.24) is 5.32 Å². The molecule has 102 valence electrons. The lowest BCUT2D eigenvalue weighted by molar-refractivity contribution is 0.200. The first-order chi connectivity index (χ1) is 9.29. The molecule has 2 nitrogen and oxygen atoms in total. The zero-order valence-corrected chi connectivity index (χ0v) is 12.9. The predicted octanol–water partition coefficient (Wildman–Crippen LogP) is 4.12. The highest BCUT2D eigenvalue weighted by molar-refractivity contribution is 7.15. The summed E-state index contributed by atoms with van der Waals surface area (Å²) in [5, 5.41) is 7.70. The topological polar surface area (TPSA) is 21.3 Å². The lowest BCUT2D eigenvalue weighted by atomic mass is 10.2. The Labute approximate surface area is 122 Å². The van der Waals surface area contributed by atoms with Crippen molar-refractivity contribution < 1.29 is 4.74 Å². The molecule has 0 amide bonds. The number of methoxy groups -OCH3 is 1. The molecule has 19 heavy (non-hydrogen) atoms. The summed E-state index contributed by atoms with van der Waals surface area (Å²) >= 11 is 3.58. The van der Waals surface area contributed by atoms with Crippen molar-refractivity contribution in [3.05, 3.63) is 39.4 Å². The maximum absolute atomic E-state index is 5.01. The molecule has 0 fully saturated rings. The molecule has 0 bridgehead atoms. The van der Waals surface area contributed by atoms with Gasteiger partial charge in [-0.2, -0.15) is 0 Å². The molecule has 1 N–H and O–H groups in total. The third-order valence-electron chi connectivity index (χ3n) is 2.70. The van der Waals surface area contributed by atoms with Gasteiger partial charge in [0.1, 0.15) is 0 Å². The smallest absolute Gasteiger partial charge is 0.0587 e. The molecule has 0 saturated heterocycles. The van der Waals surface area contributed by atoms with Gasteiger partial charge < -0.3 is 10.1 Å². The van der Waals surface area contributed by atoms with Crippen LogP contribution in [0.2, 0.25) is 0 Å². The molecule has 0 unspecified atom stereocenters. The van der Waals surface area contributed by atoms with Gasteiger partial charge in [-0.25, -0.2) is 0 Å². The third kappa shape index (κ3) is 4.58. The minimum atomic E-state index is 0.759. The average Bonchev–Trinajstić information content (AvgIpc) is 3.04. The second kappa shape index (κ2) is 7.60. The lowest BCUT2D eigenvalue weighted by Gasteiger charge is -2.03. The Morgan fingerprint density at radius 1 is 1.42 bits per heavy atom. The van der Waals surface area contributed by atoms with E-state index in [0.717, 1.165) is 19.7 Å². The normalized spacial score (nSPS) is 12.0. The summed E-state index contributed by atoms with van der Waals surface area (Å²) in [5.74, 6) is 0. The van der Waals surface area contributed by atoms with Gasteiger partial charge in [0.15, 0.2) is 0 Å². The van der Waals surface area contributed by atoms with Crippen LogP contribution in [0.5, 0.6) is 0 Å². The molecule has 0 aliphatic rings. The number of nitrogens with one attached hydrogen (secondary N) is 1. The van der Waals surface area contributed by atoms with E-state index >= 15 is 0 Å². The highest BCUT2D eigenvalue weighted by Gasteiger charge is 2.02. The number of hydrogen-bond acceptors (Lipinski definition) is 4.